The van der Waals surface area contributed by atoms with E-state index in [0.717, 1.165) is 15.6 Å². The van der Waals surface area contributed by atoms with Crippen molar-refractivity contribution in [1.29, 1.82) is 0 Å². The van der Waals surface area contributed by atoms with Gasteiger partial charge in [0.15, 0.2) is 9.84 Å². The number of carbonyl (C=O) groups excluding carboxylic acids is 1. The van der Waals surface area contributed by atoms with Crippen molar-refractivity contribution in [2.45, 2.75) is 38.8 Å². The van der Waals surface area contributed by atoms with E-state index in [0.29, 0.717) is 33.8 Å². The molecule has 0 bridgehead atoms. The lowest BCUT2D eigenvalue weighted by molar-refractivity contribution is 0.0686. The van der Waals surface area contributed by atoms with Gasteiger partial charge >= 0.3 is 0 Å². The Hall–Kier alpha value is -1.60. The van der Waals surface area contributed by atoms with Crippen LogP contribution < -0.4 is 0 Å². The fourth-order valence-corrected chi connectivity index (χ4v) is 7.37. The first-order chi connectivity index (χ1) is 14.6. The topological polar surface area (TPSA) is 54.5 Å². The predicted molar refractivity (Wildman–Crippen MR) is 129 cm³/mol. The average Bonchev–Trinajstić information content (AvgIpc) is 3.24. The number of hydrogen-bond acceptors (Lipinski definition) is 4. The van der Waals surface area contributed by atoms with Gasteiger partial charge in [-0.15, -0.1) is 11.3 Å². The van der Waals surface area contributed by atoms with Gasteiger partial charge in [0.05, 0.1) is 16.5 Å². The first-order valence-corrected chi connectivity index (χ1v) is 13.5. The van der Waals surface area contributed by atoms with Crippen LogP contribution in [0.15, 0.2) is 42.5 Å². The van der Waals surface area contributed by atoms with Crippen molar-refractivity contribution in [3.05, 3.63) is 68.5 Å². The van der Waals surface area contributed by atoms with Crippen LogP contribution in [0.4, 0.5) is 0 Å². The summed E-state index contributed by atoms with van der Waals surface area (Å²) in [4.78, 5) is 15.7. The van der Waals surface area contributed by atoms with Crippen LogP contribution in [0.1, 0.15) is 47.0 Å². The molecule has 2 aromatic carbocycles. The molecule has 0 saturated carbocycles. The number of hydrogen-bond donors (Lipinski definition) is 0. The first kappa shape index (κ1) is 22.6. The van der Waals surface area contributed by atoms with Crippen molar-refractivity contribution in [3.8, 4) is 0 Å². The van der Waals surface area contributed by atoms with Gasteiger partial charge in [0.1, 0.15) is 4.88 Å². The standard InChI is InChI=1S/C23H23Cl2NO3S2/c1-14(2)16-5-3-15(4-6-16)12-26(18-9-10-31(28,29)13-18)23(27)22-21(25)19-8-7-17(24)11-20(19)30-22/h3-8,11,14,18H,9-10,12-13H2,1-2H3/t18-/m0/s1. The number of nitrogens with zero attached hydrogens (tertiary/aromatic N) is 1. The third-order valence-electron chi connectivity index (χ3n) is 5.70. The van der Waals surface area contributed by atoms with Gasteiger partial charge in [0, 0.05) is 27.7 Å². The Kier molecular flexibility index (Phi) is 6.37. The number of carbonyl (C=O) groups is 1. The molecule has 8 heteroatoms. The highest BCUT2D eigenvalue weighted by molar-refractivity contribution is 7.91. The van der Waals surface area contributed by atoms with Crippen LogP contribution in [0.3, 0.4) is 0 Å². The summed E-state index contributed by atoms with van der Waals surface area (Å²) in [5, 5.41) is 1.75. The number of fused-ring (bicyclic) bond motifs is 1. The van der Waals surface area contributed by atoms with Gasteiger partial charge in [-0.25, -0.2) is 8.42 Å². The molecule has 164 valence electrons. The minimum absolute atomic E-state index is 0.0167. The van der Waals surface area contributed by atoms with E-state index in [1.165, 1.54) is 16.9 Å². The maximum atomic E-state index is 13.6. The van der Waals surface area contributed by atoms with Crippen LogP contribution in [0, 0.1) is 0 Å². The number of sulfone groups is 1. The Bertz CT molecular complexity index is 1230. The molecule has 0 spiro atoms. The maximum absolute atomic E-state index is 13.6. The van der Waals surface area contributed by atoms with Crippen molar-refractivity contribution in [2.24, 2.45) is 0 Å². The molecule has 4 rings (SSSR count). The minimum Gasteiger partial charge on any atom is -0.330 e. The molecule has 0 unspecified atom stereocenters. The zero-order valence-corrected chi connectivity index (χ0v) is 20.4. The van der Waals surface area contributed by atoms with Crippen LogP contribution in [0.5, 0.6) is 0 Å². The molecule has 1 aliphatic rings. The third kappa shape index (κ3) is 4.77. The van der Waals surface area contributed by atoms with E-state index in [1.54, 1.807) is 17.0 Å². The Balaban J connectivity index is 1.70. The normalized spacial score (nSPS) is 18.0. The van der Waals surface area contributed by atoms with Gasteiger partial charge in [-0.1, -0.05) is 67.4 Å². The minimum atomic E-state index is -3.15. The summed E-state index contributed by atoms with van der Waals surface area (Å²) in [5.41, 5.74) is 2.18. The van der Waals surface area contributed by atoms with E-state index in [9.17, 15) is 13.2 Å². The first-order valence-electron chi connectivity index (χ1n) is 10.1. The Morgan fingerprint density at radius 2 is 1.87 bits per heavy atom. The van der Waals surface area contributed by atoms with Gasteiger partial charge in [-0.2, -0.15) is 0 Å². The SMILES string of the molecule is CC(C)c1ccc(CN(C(=O)c2sc3cc(Cl)ccc3c2Cl)[C@H]2CCS(=O)(=O)C2)cc1. The van der Waals surface area contributed by atoms with Crippen LogP contribution in [-0.2, 0) is 16.4 Å². The summed E-state index contributed by atoms with van der Waals surface area (Å²) in [6.45, 7) is 4.59. The van der Waals surface area contributed by atoms with Gasteiger partial charge in [-0.3, -0.25) is 4.79 Å². The van der Waals surface area contributed by atoms with E-state index >= 15 is 0 Å². The van der Waals surface area contributed by atoms with Crippen LogP contribution in [-0.4, -0.2) is 36.8 Å². The van der Waals surface area contributed by atoms with Gasteiger partial charge in [0.25, 0.3) is 5.91 Å². The van der Waals surface area contributed by atoms with Gasteiger partial charge in [-0.05, 0) is 35.6 Å². The molecule has 1 aromatic heterocycles. The lowest BCUT2D eigenvalue weighted by Gasteiger charge is -2.28. The molecular weight excluding hydrogens is 473 g/mol. The second-order valence-electron chi connectivity index (χ2n) is 8.27. The Morgan fingerprint density at radius 3 is 2.48 bits per heavy atom. The van der Waals surface area contributed by atoms with E-state index < -0.39 is 9.84 Å². The second kappa shape index (κ2) is 8.74. The molecule has 1 fully saturated rings. The lowest BCUT2D eigenvalue weighted by Crippen LogP contribution is -2.40. The van der Waals surface area contributed by atoms with Gasteiger partial charge in [0.2, 0.25) is 0 Å². The summed E-state index contributed by atoms with van der Waals surface area (Å²) in [6.07, 6.45) is 0.437. The molecule has 4 nitrogen and oxygen atoms in total. The molecule has 0 N–H and O–H groups in total. The summed E-state index contributed by atoms with van der Waals surface area (Å²) < 4.78 is 25.1. The molecule has 0 radical (unpaired) electrons. The smallest absolute Gasteiger partial charge is 0.266 e. The zero-order valence-electron chi connectivity index (χ0n) is 17.3. The largest absolute Gasteiger partial charge is 0.330 e. The number of thiophene rings is 1. The number of benzene rings is 2. The van der Waals surface area contributed by atoms with Crippen molar-refractivity contribution >= 4 is 60.4 Å². The van der Waals surface area contributed by atoms with Crippen LogP contribution in [0.2, 0.25) is 10.0 Å². The highest BCUT2D eigenvalue weighted by atomic mass is 35.5. The van der Waals surface area contributed by atoms with E-state index in [4.69, 9.17) is 23.2 Å². The number of rotatable bonds is 5. The Morgan fingerprint density at radius 1 is 1.16 bits per heavy atom. The van der Waals surface area contributed by atoms with E-state index in [1.807, 2.05) is 18.2 Å². The predicted octanol–water partition coefficient (Wildman–Crippen LogP) is 6.16. The quantitative estimate of drug-likeness (QED) is 0.425. The number of halogens is 2. The molecule has 3 aromatic rings. The van der Waals surface area contributed by atoms with Crippen molar-refractivity contribution in [1.82, 2.24) is 4.90 Å². The molecule has 0 aliphatic carbocycles. The molecule has 31 heavy (non-hydrogen) atoms. The molecular formula is C23H23Cl2NO3S2. The average molecular weight is 496 g/mol. The second-order valence-corrected chi connectivity index (χ2v) is 12.4. The maximum Gasteiger partial charge on any atom is 0.266 e. The summed E-state index contributed by atoms with van der Waals surface area (Å²) in [6, 6.07) is 13.1. The third-order valence-corrected chi connectivity index (χ3v) is 9.33. The summed E-state index contributed by atoms with van der Waals surface area (Å²) >= 11 is 14.0. The molecule has 2 heterocycles. The highest BCUT2D eigenvalue weighted by Gasteiger charge is 2.36. The molecule has 1 saturated heterocycles. The van der Waals surface area contributed by atoms with Crippen molar-refractivity contribution < 1.29 is 13.2 Å². The highest BCUT2D eigenvalue weighted by Crippen LogP contribution is 2.38. The van der Waals surface area contributed by atoms with Crippen LogP contribution in [0.25, 0.3) is 10.1 Å². The van der Waals surface area contributed by atoms with E-state index in [2.05, 4.69) is 26.0 Å². The molecule has 1 amide bonds. The van der Waals surface area contributed by atoms with Crippen molar-refractivity contribution in [3.63, 3.8) is 0 Å². The summed E-state index contributed by atoms with van der Waals surface area (Å²) in [7, 11) is -3.15. The fourth-order valence-electron chi connectivity index (χ4n) is 3.90. The Labute approximate surface area is 196 Å². The molecule has 1 atom stereocenters. The number of amides is 1. The zero-order chi connectivity index (χ0) is 22.3. The monoisotopic (exact) mass is 495 g/mol. The summed E-state index contributed by atoms with van der Waals surface area (Å²) in [5.74, 6) is 0.258. The van der Waals surface area contributed by atoms with Crippen LogP contribution >= 0.6 is 34.5 Å². The molecule has 1 aliphatic heterocycles. The lowest BCUT2D eigenvalue weighted by atomic mass is 10.0. The van der Waals surface area contributed by atoms with Crippen molar-refractivity contribution in [2.75, 3.05) is 11.5 Å². The van der Waals surface area contributed by atoms with E-state index in [-0.39, 0.29) is 23.5 Å². The van der Waals surface area contributed by atoms with Gasteiger partial charge < -0.3 is 4.90 Å². The fraction of sp³-hybridized carbons (Fsp3) is 0.348.